The Morgan fingerprint density at radius 3 is 2.43 bits per heavy atom. The average Bonchev–Trinajstić information content (AvgIpc) is 2.44. The Hall–Kier alpha value is -2.89. The van der Waals surface area contributed by atoms with Crippen molar-refractivity contribution in [3.63, 3.8) is 0 Å². The van der Waals surface area contributed by atoms with Gasteiger partial charge in [-0.25, -0.2) is 4.79 Å². The van der Waals surface area contributed by atoms with E-state index in [0.717, 1.165) is 30.4 Å². The lowest BCUT2D eigenvalue weighted by molar-refractivity contribution is -0.137. The minimum atomic E-state index is -0.654. The van der Waals surface area contributed by atoms with Gasteiger partial charge in [0, 0.05) is 11.6 Å². The highest BCUT2D eigenvalue weighted by molar-refractivity contribution is 6.27. The van der Waals surface area contributed by atoms with Gasteiger partial charge in [-0.05, 0) is 31.2 Å². The molecule has 1 aliphatic carbocycles. The molecule has 6 heteroatoms. The van der Waals surface area contributed by atoms with Crippen LogP contribution < -0.4 is 0 Å². The van der Waals surface area contributed by atoms with Crippen LogP contribution in [0, 0.1) is 0 Å². The molecule has 0 saturated heterocycles. The molecule has 1 aromatic rings. The van der Waals surface area contributed by atoms with Crippen molar-refractivity contribution >= 4 is 17.5 Å². The molecule has 108 valence electrons. The number of hydrogen-bond donors (Lipinski definition) is 2. The van der Waals surface area contributed by atoms with Crippen LogP contribution in [0.15, 0.2) is 35.9 Å². The molecule has 2 N–H and O–H groups in total. The Bertz CT molecular complexity index is 696. The molecule has 0 atom stereocenters. The van der Waals surface area contributed by atoms with Crippen LogP contribution in [0.4, 0.5) is 0 Å². The number of ether oxygens (including phenoxy) is 1. The molecule has 6 nitrogen and oxygen atoms in total. The van der Waals surface area contributed by atoms with Gasteiger partial charge in [-0.3, -0.25) is 9.59 Å². The van der Waals surface area contributed by atoms with E-state index in [1.165, 1.54) is 0 Å². The predicted molar refractivity (Wildman–Crippen MR) is 72.3 cm³/mol. The first-order chi connectivity index (χ1) is 9.95. The predicted octanol–water partition coefficient (Wildman–Crippen LogP) is 1.52. The topological polar surface area (TPSA) is 101 Å². The van der Waals surface area contributed by atoms with Crippen LogP contribution in [0.3, 0.4) is 0 Å². The van der Waals surface area contributed by atoms with Crippen LogP contribution in [-0.4, -0.2) is 34.4 Å². The Labute approximate surface area is 120 Å². The van der Waals surface area contributed by atoms with Gasteiger partial charge >= 0.3 is 5.97 Å². The maximum absolute atomic E-state index is 12.2. The zero-order valence-corrected chi connectivity index (χ0v) is 11.1. The molecular weight excluding hydrogens is 276 g/mol. The molecule has 2 rings (SSSR count). The van der Waals surface area contributed by atoms with Gasteiger partial charge < -0.3 is 14.9 Å². The third kappa shape index (κ3) is 2.69. The molecule has 0 heterocycles. The fourth-order valence-electron chi connectivity index (χ4n) is 1.96. The number of esters is 1. The number of fused-ring (bicyclic) bond motifs is 1. The van der Waals surface area contributed by atoms with E-state index in [4.69, 9.17) is 0 Å². The lowest BCUT2D eigenvalue weighted by atomic mass is 9.88. The van der Waals surface area contributed by atoms with Gasteiger partial charge in [-0.2, -0.15) is 0 Å². The Morgan fingerprint density at radius 2 is 1.81 bits per heavy atom. The van der Waals surface area contributed by atoms with E-state index in [9.17, 15) is 24.6 Å². The summed E-state index contributed by atoms with van der Waals surface area (Å²) in [6.45, 7) is 1.82. The molecule has 0 radical (unpaired) electrons. The second-order valence-corrected chi connectivity index (χ2v) is 4.23. The van der Waals surface area contributed by atoms with E-state index < -0.39 is 23.3 Å². The fourth-order valence-corrected chi connectivity index (χ4v) is 1.96. The number of rotatable bonds is 3. The summed E-state index contributed by atoms with van der Waals surface area (Å²) in [5.74, 6) is -2.72. The Balaban J connectivity index is 2.42. The fraction of sp³-hybridized carbons (Fsp3) is 0.133. The lowest BCUT2D eigenvalue weighted by Crippen LogP contribution is -2.16. The third-order valence-electron chi connectivity index (χ3n) is 2.87. The number of ketones is 2. The van der Waals surface area contributed by atoms with Crippen molar-refractivity contribution in [1.82, 2.24) is 0 Å². The number of Topliss-reactive ketones (excluding diaryl/α,β-unsaturated/α-hetero) is 1. The summed E-state index contributed by atoms with van der Waals surface area (Å²) < 4.78 is 4.67. The number of allylic oxidation sites excluding steroid dienone is 3. The minimum absolute atomic E-state index is 0.0681. The van der Waals surface area contributed by atoms with Crippen LogP contribution in [0.2, 0.25) is 0 Å². The van der Waals surface area contributed by atoms with E-state index in [-0.39, 0.29) is 29.1 Å². The molecule has 0 amide bonds. The first kappa shape index (κ1) is 14.5. The monoisotopic (exact) mass is 288 g/mol. The number of phenolic OH excluding ortho intramolecular Hbond substituents is 2. The number of hydrogen-bond acceptors (Lipinski definition) is 6. The van der Waals surface area contributed by atoms with Crippen LogP contribution >= 0.6 is 0 Å². The van der Waals surface area contributed by atoms with E-state index in [1.54, 1.807) is 6.92 Å². The summed E-state index contributed by atoms with van der Waals surface area (Å²) in [5, 5.41) is 19.4. The quantitative estimate of drug-likeness (QED) is 0.497. The number of benzene rings is 1. The van der Waals surface area contributed by atoms with E-state index in [1.807, 2.05) is 0 Å². The molecule has 0 saturated carbocycles. The van der Waals surface area contributed by atoms with Crippen molar-refractivity contribution < 1.29 is 29.3 Å². The van der Waals surface area contributed by atoms with E-state index in [0.29, 0.717) is 0 Å². The molecule has 21 heavy (non-hydrogen) atoms. The van der Waals surface area contributed by atoms with Gasteiger partial charge in [0.15, 0.2) is 11.6 Å². The first-order valence-electron chi connectivity index (χ1n) is 6.16. The summed E-state index contributed by atoms with van der Waals surface area (Å²) in [4.78, 5) is 35.4. The number of carbonyl (C=O) groups is 3. The zero-order chi connectivity index (χ0) is 15.6. The van der Waals surface area contributed by atoms with Crippen LogP contribution in [0.25, 0.3) is 0 Å². The van der Waals surface area contributed by atoms with E-state index >= 15 is 0 Å². The van der Waals surface area contributed by atoms with Gasteiger partial charge in [0.1, 0.15) is 11.5 Å². The smallest absolute Gasteiger partial charge is 0.330 e. The molecule has 0 unspecified atom stereocenters. The van der Waals surface area contributed by atoms with Crippen molar-refractivity contribution in [3.05, 3.63) is 47.1 Å². The summed E-state index contributed by atoms with van der Waals surface area (Å²) >= 11 is 0. The normalized spacial score (nSPS) is 14.0. The lowest BCUT2D eigenvalue weighted by Gasteiger charge is -2.15. The largest absolute Gasteiger partial charge is 0.507 e. The van der Waals surface area contributed by atoms with Gasteiger partial charge in [0.25, 0.3) is 0 Å². The van der Waals surface area contributed by atoms with Crippen molar-refractivity contribution in [2.24, 2.45) is 0 Å². The van der Waals surface area contributed by atoms with Crippen LogP contribution in [0.1, 0.15) is 27.6 Å². The first-order valence-corrected chi connectivity index (χ1v) is 6.16. The van der Waals surface area contributed by atoms with Crippen LogP contribution in [0.5, 0.6) is 11.5 Å². The highest BCUT2D eigenvalue weighted by Crippen LogP contribution is 2.34. The molecular formula is C15H12O6. The SMILES string of the molecule is CCOC(=O)/C=C/C1=CC(=O)c2c(O)ccc(O)c2C1=O. The summed E-state index contributed by atoms with van der Waals surface area (Å²) in [6.07, 6.45) is 3.16. The molecule has 1 aromatic carbocycles. The maximum atomic E-state index is 12.2. The highest BCUT2D eigenvalue weighted by Gasteiger charge is 2.29. The minimum Gasteiger partial charge on any atom is -0.507 e. The number of aromatic hydroxyl groups is 2. The van der Waals surface area contributed by atoms with Gasteiger partial charge in [-0.15, -0.1) is 0 Å². The molecule has 1 aliphatic rings. The summed E-state index contributed by atoms with van der Waals surface area (Å²) in [6, 6.07) is 2.25. The highest BCUT2D eigenvalue weighted by atomic mass is 16.5. The second kappa shape index (κ2) is 5.62. The zero-order valence-electron chi connectivity index (χ0n) is 11.1. The van der Waals surface area contributed by atoms with Crippen molar-refractivity contribution in [1.29, 1.82) is 0 Å². The Morgan fingerprint density at radius 1 is 1.19 bits per heavy atom. The number of phenols is 2. The average molecular weight is 288 g/mol. The number of carbonyl (C=O) groups excluding carboxylic acids is 3. The van der Waals surface area contributed by atoms with Crippen molar-refractivity contribution in [2.75, 3.05) is 6.61 Å². The van der Waals surface area contributed by atoms with E-state index in [2.05, 4.69) is 4.74 Å². The van der Waals surface area contributed by atoms with Gasteiger partial charge in [-0.1, -0.05) is 0 Å². The molecule has 0 spiro atoms. The van der Waals surface area contributed by atoms with Crippen molar-refractivity contribution in [2.45, 2.75) is 6.92 Å². The summed E-state index contributed by atoms with van der Waals surface area (Å²) in [7, 11) is 0. The molecule has 0 aliphatic heterocycles. The maximum Gasteiger partial charge on any atom is 0.330 e. The van der Waals surface area contributed by atoms with Crippen molar-refractivity contribution in [3.8, 4) is 11.5 Å². The third-order valence-corrected chi connectivity index (χ3v) is 2.87. The second-order valence-electron chi connectivity index (χ2n) is 4.23. The Kier molecular flexibility index (Phi) is 3.89. The summed E-state index contributed by atoms with van der Waals surface area (Å²) in [5.41, 5.74) is -0.583. The van der Waals surface area contributed by atoms with Crippen LogP contribution in [-0.2, 0) is 9.53 Å². The molecule has 0 bridgehead atoms. The molecule has 0 fully saturated rings. The molecule has 0 aromatic heterocycles. The van der Waals surface area contributed by atoms with Gasteiger partial charge in [0.2, 0.25) is 0 Å². The standard InChI is InChI=1S/C15H12O6/c1-2-21-12(19)6-3-8-7-11(18)13-9(16)4-5-10(17)14(13)15(8)20/h3-7,16-17H,2H2,1H3/b6-3+. The van der Waals surface area contributed by atoms with Gasteiger partial charge in [0.05, 0.1) is 17.7 Å².